The maximum absolute atomic E-state index is 12.4. The van der Waals surface area contributed by atoms with Gasteiger partial charge in [-0.25, -0.2) is 0 Å². The average Bonchev–Trinajstić information content (AvgIpc) is 2.65. The molecule has 2 aliphatic rings. The Labute approximate surface area is 118 Å². The smallest absolute Gasteiger partial charge is 0.222 e. The molecule has 0 aliphatic carbocycles. The molecule has 2 rings (SSSR count). The van der Waals surface area contributed by atoms with Gasteiger partial charge in [-0.1, -0.05) is 27.7 Å². The van der Waals surface area contributed by atoms with Crippen LogP contribution in [-0.2, 0) is 4.79 Å². The second-order valence-corrected chi connectivity index (χ2v) is 7.74. The van der Waals surface area contributed by atoms with Crippen LogP contribution in [0.1, 0.15) is 59.8 Å². The van der Waals surface area contributed by atoms with Crippen LogP contribution in [0.3, 0.4) is 0 Å². The van der Waals surface area contributed by atoms with Gasteiger partial charge in [0.1, 0.15) is 0 Å². The molecule has 2 fully saturated rings. The van der Waals surface area contributed by atoms with Crippen LogP contribution in [0.25, 0.3) is 0 Å². The second kappa shape index (κ2) is 5.43. The van der Waals surface area contributed by atoms with E-state index in [9.17, 15) is 4.79 Å². The van der Waals surface area contributed by atoms with Crippen molar-refractivity contribution >= 4 is 5.91 Å². The Bertz CT molecular complexity index is 322. The molecular formula is C16H30N2O. The highest BCUT2D eigenvalue weighted by atomic mass is 16.2. The van der Waals surface area contributed by atoms with E-state index in [1.165, 1.54) is 12.8 Å². The maximum Gasteiger partial charge on any atom is 0.222 e. The Morgan fingerprint density at radius 2 is 1.79 bits per heavy atom. The zero-order chi connectivity index (χ0) is 14.2. The van der Waals surface area contributed by atoms with Gasteiger partial charge in [0.2, 0.25) is 5.91 Å². The van der Waals surface area contributed by atoms with Crippen LogP contribution in [0.5, 0.6) is 0 Å². The number of piperidine rings is 1. The van der Waals surface area contributed by atoms with Gasteiger partial charge < -0.3 is 10.2 Å². The second-order valence-electron chi connectivity index (χ2n) is 7.74. The van der Waals surface area contributed by atoms with Crippen molar-refractivity contribution in [3.8, 4) is 0 Å². The first-order valence-electron chi connectivity index (χ1n) is 7.79. The van der Waals surface area contributed by atoms with Crippen molar-refractivity contribution in [1.82, 2.24) is 10.2 Å². The normalized spacial score (nSPS) is 32.2. The first kappa shape index (κ1) is 14.8. The number of carbonyl (C=O) groups excluding carboxylic acids is 1. The summed E-state index contributed by atoms with van der Waals surface area (Å²) in [7, 11) is 2.01. The summed E-state index contributed by atoms with van der Waals surface area (Å²) in [5, 5.41) is 3.64. The molecule has 0 aromatic heterocycles. The molecule has 2 heterocycles. The van der Waals surface area contributed by atoms with Crippen LogP contribution in [0, 0.1) is 11.3 Å². The highest BCUT2D eigenvalue weighted by Crippen LogP contribution is 2.32. The fraction of sp³-hybridized carbons (Fsp3) is 0.938. The molecule has 0 spiro atoms. The zero-order valence-electron chi connectivity index (χ0n) is 13.2. The number of rotatable bonds is 3. The number of hydrogen-bond acceptors (Lipinski definition) is 2. The molecule has 19 heavy (non-hydrogen) atoms. The van der Waals surface area contributed by atoms with E-state index in [0.717, 1.165) is 12.8 Å². The lowest BCUT2D eigenvalue weighted by atomic mass is 9.80. The predicted octanol–water partition coefficient (Wildman–Crippen LogP) is 2.80. The summed E-state index contributed by atoms with van der Waals surface area (Å²) in [6, 6.07) is 1.76. The minimum Gasteiger partial charge on any atom is -0.343 e. The van der Waals surface area contributed by atoms with Gasteiger partial charge in [0.05, 0.1) is 0 Å². The van der Waals surface area contributed by atoms with Crippen molar-refractivity contribution in [3.63, 3.8) is 0 Å². The van der Waals surface area contributed by atoms with Gasteiger partial charge in [0.15, 0.2) is 0 Å². The Balaban J connectivity index is 1.89. The van der Waals surface area contributed by atoms with Crippen molar-refractivity contribution in [1.29, 1.82) is 0 Å². The van der Waals surface area contributed by atoms with E-state index in [1.807, 2.05) is 11.9 Å². The molecule has 110 valence electrons. The van der Waals surface area contributed by atoms with Crippen LogP contribution in [0.4, 0.5) is 0 Å². The summed E-state index contributed by atoms with van der Waals surface area (Å²) < 4.78 is 0. The van der Waals surface area contributed by atoms with Gasteiger partial charge in [-0.15, -0.1) is 0 Å². The molecule has 3 atom stereocenters. The van der Waals surface area contributed by atoms with Gasteiger partial charge in [0.25, 0.3) is 0 Å². The number of carbonyl (C=O) groups is 1. The van der Waals surface area contributed by atoms with Crippen LogP contribution >= 0.6 is 0 Å². The molecule has 1 amide bonds. The summed E-state index contributed by atoms with van der Waals surface area (Å²) in [4.78, 5) is 14.5. The molecule has 3 heteroatoms. The van der Waals surface area contributed by atoms with E-state index in [1.54, 1.807) is 0 Å². The number of fused-ring (bicyclic) bond motifs is 2. The summed E-state index contributed by atoms with van der Waals surface area (Å²) in [5.74, 6) is 0.759. The first-order chi connectivity index (χ1) is 8.77. The Morgan fingerprint density at radius 3 is 2.26 bits per heavy atom. The molecule has 1 N–H and O–H groups in total. The van der Waals surface area contributed by atoms with Crippen molar-refractivity contribution in [2.45, 2.75) is 77.9 Å². The summed E-state index contributed by atoms with van der Waals surface area (Å²) in [6.07, 6.45) is 5.55. The van der Waals surface area contributed by atoms with Crippen molar-refractivity contribution in [2.75, 3.05) is 7.05 Å². The molecule has 0 aromatic carbocycles. The van der Waals surface area contributed by atoms with Gasteiger partial charge in [-0.2, -0.15) is 0 Å². The van der Waals surface area contributed by atoms with Crippen molar-refractivity contribution < 1.29 is 4.79 Å². The molecule has 2 aliphatic heterocycles. The molecular weight excluding hydrogens is 236 g/mol. The van der Waals surface area contributed by atoms with Crippen LogP contribution in [0.15, 0.2) is 0 Å². The Kier molecular flexibility index (Phi) is 4.24. The van der Waals surface area contributed by atoms with E-state index in [2.05, 4.69) is 33.0 Å². The maximum atomic E-state index is 12.4. The topological polar surface area (TPSA) is 32.3 Å². The standard InChI is InChI=1S/C16H30N2O/c1-11(16(2,3)4)8-15(19)18(5)14-9-12-6-7-13(10-14)17-12/h11-14,17H,6-10H2,1-5H3. The van der Waals surface area contributed by atoms with Gasteiger partial charge in [-0.05, 0) is 37.0 Å². The van der Waals surface area contributed by atoms with Gasteiger partial charge >= 0.3 is 0 Å². The lowest BCUT2D eigenvalue weighted by molar-refractivity contribution is -0.134. The van der Waals surface area contributed by atoms with E-state index < -0.39 is 0 Å². The Morgan fingerprint density at radius 1 is 1.26 bits per heavy atom. The van der Waals surface area contributed by atoms with Crippen LogP contribution in [0.2, 0.25) is 0 Å². The summed E-state index contributed by atoms with van der Waals surface area (Å²) in [5.41, 5.74) is 0.212. The first-order valence-corrected chi connectivity index (χ1v) is 7.79. The lowest BCUT2D eigenvalue weighted by Crippen LogP contribution is -2.49. The van der Waals surface area contributed by atoms with E-state index >= 15 is 0 Å². The predicted molar refractivity (Wildman–Crippen MR) is 79.0 cm³/mol. The third-order valence-electron chi connectivity index (χ3n) is 5.35. The van der Waals surface area contributed by atoms with E-state index in [-0.39, 0.29) is 5.41 Å². The third kappa shape index (κ3) is 3.50. The van der Waals surface area contributed by atoms with E-state index in [4.69, 9.17) is 0 Å². The van der Waals surface area contributed by atoms with Crippen LogP contribution in [-0.4, -0.2) is 36.0 Å². The summed E-state index contributed by atoms with van der Waals surface area (Å²) >= 11 is 0. The van der Waals surface area contributed by atoms with E-state index in [0.29, 0.717) is 36.4 Å². The molecule has 2 bridgehead atoms. The minimum absolute atomic E-state index is 0.212. The number of amides is 1. The molecule has 3 unspecified atom stereocenters. The number of hydrogen-bond donors (Lipinski definition) is 1. The fourth-order valence-corrected chi connectivity index (χ4v) is 3.26. The lowest BCUT2D eigenvalue weighted by Gasteiger charge is -2.37. The minimum atomic E-state index is 0.212. The zero-order valence-corrected chi connectivity index (χ0v) is 13.2. The number of nitrogens with zero attached hydrogens (tertiary/aromatic N) is 1. The summed E-state index contributed by atoms with van der Waals surface area (Å²) in [6.45, 7) is 8.85. The van der Waals surface area contributed by atoms with Gasteiger partial charge in [0, 0.05) is 31.6 Å². The highest BCUT2D eigenvalue weighted by Gasteiger charge is 2.36. The quantitative estimate of drug-likeness (QED) is 0.852. The fourth-order valence-electron chi connectivity index (χ4n) is 3.26. The van der Waals surface area contributed by atoms with Gasteiger partial charge in [-0.3, -0.25) is 4.79 Å². The van der Waals surface area contributed by atoms with Crippen molar-refractivity contribution in [2.24, 2.45) is 11.3 Å². The molecule has 0 radical (unpaired) electrons. The SMILES string of the molecule is CC(CC(=O)N(C)C1CC2CCC(C1)N2)C(C)(C)C. The average molecular weight is 266 g/mol. The largest absolute Gasteiger partial charge is 0.343 e. The monoisotopic (exact) mass is 266 g/mol. The molecule has 0 saturated carbocycles. The molecule has 0 aromatic rings. The highest BCUT2D eigenvalue weighted by molar-refractivity contribution is 5.76. The van der Waals surface area contributed by atoms with Crippen LogP contribution < -0.4 is 5.32 Å². The molecule has 2 saturated heterocycles. The third-order valence-corrected chi connectivity index (χ3v) is 5.35. The van der Waals surface area contributed by atoms with Crippen molar-refractivity contribution in [3.05, 3.63) is 0 Å². The molecule has 3 nitrogen and oxygen atoms in total. The Hall–Kier alpha value is -0.570. The number of nitrogens with one attached hydrogen (secondary N) is 1.